The molecule has 134 valence electrons. The molecule has 0 aliphatic carbocycles. The van der Waals surface area contributed by atoms with Crippen molar-refractivity contribution in [2.75, 3.05) is 19.9 Å². The van der Waals surface area contributed by atoms with Gasteiger partial charge in [0.2, 0.25) is 6.79 Å². The molecule has 0 saturated carbocycles. The zero-order valence-corrected chi connectivity index (χ0v) is 14.4. The number of hydrogen-bond donors (Lipinski definition) is 0. The molecule has 1 atom stereocenters. The molecule has 0 bridgehead atoms. The van der Waals surface area contributed by atoms with Gasteiger partial charge in [-0.05, 0) is 30.2 Å². The quantitative estimate of drug-likeness (QED) is 0.605. The molecule has 8 heteroatoms. The van der Waals surface area contributed by atoms with Gasteiger partial charge in [0, 0.05) is 31.1 Å². The van der Waals surface area contributed by atoms with Crippen LogP contribution in [0.4, 0.5) is 5.69 Å². The standard InChI is InChI=1S/C18H15ClN2O5/c19-15-8-13(21(23)24)2-3-14(15)18(22)20-6-5-12(9-20)11-1-4-16-17(7-11)26-10-25-16/h1-4,7-8,12H,5-6,9-10H2. The highest BCUT2D eigenvalue weighted by atomic mass is 35.5. The van der Waals surface area contributed by atoms with Crippen LogP contribution < -0.4 is 9.47 Å². The Labute approximate surface area is 154 Å². The summed E-state index contributed by atoms with van der Waals surface area (Å²) < 4.78 is 10.7. The molecule has 2 aliphatic rings. The second-order valence-electron chi connectivity index (χ2n) is 6.27. The van der Waals surface area contributed by atoms with Crippen molar-refractivity contribution >= 4 is 23.2 Å². The van der Waals surface area contributed by atoms with E-state index in [2.05, 4.69) is 0 Å². The van der Waals surface area contributed by atoms with Crippen LogP contribution >= 0.6 is 11.6 Å². The van der Waals surface area contributed by atoms with E-state index in [0.717, 1.165) is 23.5 Å². The number of halogens is 1. The highest BCUT2D eigenvalue weighted by Crippen LogP contribution is 2.37. The third-order valence-corrected chi connectivity index (χ3v) is 5.05. The number of carbonyl (C=O) groups is 1. The van der Waals surface area contributed by atoms with Gasteiger partial charge in [-0.3, -0.25) is 14.9 Å². The van der Waals surface area contributed by atoms with Crippen LogP contribution in [0.25, 0.3) is 0 Å². The second-order valence-corrected chi connectivity index (χ2v) is 6.68. The Bertz CT molecular complexity index is 901. The number of fused-ring (bicyclic) bond motifs is 1. The lowest BCUT2D eigenvalue weighted by atomic mass is 9.98. The van der Waals surface area contributed by atoms with Crippen molar-refractivity contribution in [1.29, 1.82) is 0 Å². The lowest BCUT2D eigenvalue weighted by Crippen LogP contribution is -2.28. The number of likely N-dealkylation sites (tertiary alicyclic amines) is 1. The fourth-order valence-electron chi connectivity index (χ4n) is 3.35. The van der Waals surface area contributed by atoms with E-state index in [0.29, 0.717) is 13.1 Å². The first-order chi connectivity index (χ1) is 12.5. The topological polar surface area (TPSA) is 81.9 Å². The van der Waals surface area contributed by atoms with E-state index in [-0.39, 0.29) is 34.9 Å². The van der Waals surface area contributed by atoms with Gasteiger partial charge in [0.15, 0.2) is 11.5 Å². The van der Waals surface area contributed by atoms with Crippen LogP contribution in [0.3, 0.4) is 0 Å². The van der Waals surface area contributed by atoms with Crippen LogP contribution in [0.2, 0.25) is 5.02 Å². The number of ether oxygens (including phenoxy) is 2. The third kappa shape index (κ3) is 2.94. The molecule has 4 rings (SSSR count). The number of rotatable bonds is 3. The Balaban J connectivity index is 1.50. The predicted molar refractivity (Wildman–Crippen MR) is 93.9 cm³/mol. The van der Waals surface area contributed by atoms with Crippen LogP contribution in [0.15, 0.2) is 36.4 Å². The van der Waals surface area contributed by atoms with Crippen LogP contribution in [0.5, 0.6) is 11.5 Å². The number of benzene rings is 2. The van der Waals surface area contributed by atoms with Gasteiger partial charge in [0.25, 0.3) is 11.6 Å². The first kappa shape index (κ1) is 16.7. The summed E-state index contributed by atoms with van der Waals surface area (Å²) in [5, 5.41) is 10.9. The average molecular weight is 375 g/mol. The number of hydrogen-bond acceptors (Lipinski definition) is 5. The van der Waals surface area contributed by atoms with Gasteiger partial charge in [0.1, 0.15) is 0 Å². The van der Waals surface area contributed by atoms with Crippen molar-refractivity contribution in [3.63, 3.8) is 0 Å². The fraction of sp³-hybridized carbons (Fsp3) is 0.278. The van der Waals surface area contributed by atoms with E-state index in [1.807, 2.05) is 18.2 Å². The van der Waals surface area contributed by atoms with E-state index in [9.17, 15) is 14.9 Å². The van der Waals surface area contributed by atoms with Crippen molar-refractivity contribution in [3.8, 4) is 11.5 Å². The molecule has 0 radical (unpaired) electrons. The smallest absolute Gasteiger partial charge is 0.270 e. The summed E-state index contributed by atoms with van der Waals surface area (Å²) in [5.74, 6) is 1.45. The van der Waals surface area contributed by atoms with Crippen LogP contribution in [0, 0.1) is 10.1 Å². The summed E-state index contributed by atoms with van der Waals surface area (Å²) in [4.78, 5) is 24.7. The van der Waals surface area contributed by atoms with E-state index in [4.69, 9.17) is 21.1 Å². The third-order valence-electron chi connectivity index (χ3n) is 4.74. The van der Waals surface area contributed by atoms with Crippen molar-refractivity contribution in [3.05, 3.63) is 62.7 Å². The summed E-state index contributed by atoms with van der Waals surface area (Å²) >= 11 is 6.08. The monoisotopic (exact) mass is 374 g/mol. The fourth-order valence-corrected chi connectivity index (χ4v) is 3.60. The number of amides is 1. The van der Waals surface area contributed by atoms with Crippen LogP contribution in [-0.2, 0) is 0 Å². The molecule has 2 aromatic rings. The van der Waals surface area contributed by atoms with Crippen molar-refractivity contribution in [2.45, 2.75) is 12.3 Å². The van der Waals surface area contributed by atoms with Crippen LogP contribution in [-0.4, -0.2) is 35.6 Å². The molecule has 1 unspecified atom stereocenters. The molecular weight excluding hydrogens is 360 g/mol. The summed E-state index contributed by atoms with van der Waals surface area (Å²) in [5.41, 5.74) is 1.24. The summed E-state index contributed by atoms with van der Waals surface area (Å²) in [6.07, 6.45) is 0.829. The zero-order valence-electron chi connectivity index (χ0n) is 13.7. The van der Waals surface area contributed by atoms with Gasteiger partial charge in [-0.1, -0.05) is 17.7 Å². The molecule has 2 aromatic carbocycles. The van der Waals surface area contributed by atoms with E-state index in [1.54, 1.807) is 4.90 Å². The van der Waals surface area contributed by atoms with E-state index >= 15 is 0 Å². The number of non-ortho nitro benzene ring substituents is 1. The van der Waals surface area contributed by atoms with Crippen LogP contribution in [0.1, 0.15) is 28.3 Å². The Morgan fingerprint density at radius 2 is 2.00 bits per heavy atom. The minimum absolute atomic E-state index is 0.0933. The normalized spacial score (nSPS) is 18.2. The molecule has 2 heterocycles. The number of nitro benzene ring substituents is 1. The maximum absolute atomic E-state index is 12.7. The Morgan fingerprint density at radius 3 is 2.77 bits per heavy atom. The largest absolute Gasteiger partial charge is 0.454 e. The van der Waals surface area contributed by atoms with Gasteiger partial charge in [-0.2, -0.15) is 0 Å². The predicted octanol–water partition coefficient (Wildman–Crippen LogP) is 3.61. The molecule has 1 saturated heterocycles. The highest BCUT2D eigenvalue weighted by Gasteiger charge is 2.30. The SMILES string of the molecule is O=C(c1ccc([N+](=O)[O-])cc1Cl)N1CCC(c2ccc3c(c2)OCO3)C1. The second kappa shape index (κ2) is 6.49. The minimum Gasteiger partial charge on any atom is -0.454 e. The van der Waals surface area contributed by atoms with Gasteiger partial charge in [0.05, 0.1) is 15.5 Å². The van der Waals surface area contributed by atoms with Gasteiger partial charge in [-0.25, -0.2) is 0 Å². The van der Waals surface area contributed by atoms with Crippen molar-refractivity contribution < 1.29 is 19.2 Å². The number of nitrogens with zero attached hydrogens (tertiary/aromatic N) is 2. The first-order valence-corrected chi connectivity index (χ1v) is 8.53. The summed E-state index contributed by atoms with van der Waals surface area (Å²) in [7, 11) is 0. The molecule has 0 N–H and O–H groups in total. The average Bonchev–Trinajstić information content (AvgIpc) is 3.29. The first-order valence-electron chi connectivity index (χ1n) is 8.15. The molecular formula is C18H15ClN2O5. The molecule has 7 nitrogen and oxygen atoms in total. The van der Waals surface area contributed by atoms with Gasteiger partial charge >= 0.3 is 0 Å². The minimum atomic E-state index is -0.536. The lowest BCUT2D eigenvalue weighted by molar-refractivity contribution is -0.384. The Kier molecular flexibility index (Phi) is 4.16. The van der Waals surface area contributed by atoms with E-state index in [1.165, 1.54) is 18.2 Å². The summed E-state index contributed by atoms with van der Waals surface area (Å²) in [6, 6.07) is 9.75. The maximum Gasteiger partial charge on any atom is 0.270 e. The number of nitro groups is 1. The lowest BCUT2D eigenvalue weighted by Gasteiger charge is -2.17. The molecule has 26 heavy (non-hydrogen) atoms. The molecule has 0 spiro atoms. The van der Waals surface area contributed by atoms with Crippen molar-refractivity contribution in [2.24, 2.45) is 0 Å². The van der Waals surface area contributed by atoms with Gasteiger partial charge < -0.3 is 14.4 Å². The summed E-state index contributed by atoms with van der Waals surface area (Å²) in [6.45, 7) is 1.39. The number of carbonyl (C=O) groups excluding carboxylic acids is 1. The molecule has 2 aliphatic heterocycles. The van der Waals surface area contributed by atoms with Gasteiger partial charge in [-0.15, -0.1) is 0 Å². The zero-order chi connectivity index (χ0) is 18.3. The molecule has 0 aromatic heterocycles. The molecule has 1 fully saturated rings. The van der Waals surface area contributed by atoms with E-state index < -0.39 is 4.92 Å². The molecule has 1 amide bonds. The Morgan fingerprint density at radius 1 is 1.19 bits per heavy atom. The Hall–Kier alpha value is -2.80. The van der Waals surface area contributed by atoms with Crippen molar-refractivity contribution in [1.82, 2.24) is 4.90 Å². The maximum atomic E-state index is 12.7. The highest BCUT2D eigenvalue weighted by molar-refractivity contribution is 6.34.